The Balaban J connectivity index is 1.48. The summed E-state index contributed by atoms with van der Waals surface area (Å²) in [5, 5.41) is 4.89. The molecule has 1 atom stereocenters. The second-order valence-electron chi connectivity index (χ2n) is 8.05. The molecule has 1 N–H and O–H groups in total. The van der Waals surface area contributed by atoms with Gasteiger partial charge in [-0.15, -0.1) is 11.3 Å². The van der Waals surface area contributed by atoms with Crippen molar-refractivity contribution in [3.63, 3.8) is 0 Å². The van der Waals surface area contributed by atoms with Gasteiger partial charge in [-0.2, -0.15) is 0 Å². The van der Waals surface area contributed by atoms with E-state index in [1.165, 1.54) is 22.2 Å². The monoisotopic (exact) mass is 409 g/mol. The van der Waals surface area contributed by atoms with Crippen LogP contribution < -0.4 is 5.32 Å². The van der Waals surface area contributed by atoms with Gasteiger partial charge in [-0.25, -0.2) is 9.97 Å². The average molecular weight is 410 g/mol. The molecule has 6 nitrogen and oxygen atoms in total. The number of rotatable bonds is 5. The molecular weight excluding hydrogens is 382 g/mol. The number of fused-ring (bicyclic) bond motifs is 3. The number of anilines is 1. The summed E-state index contributed by atoms with van der Waals surface area (Å²) in [6, 6.07) is 3.97. The van der Waals surface area contributed by atoms with Crippen molar-refractivity contribution < 1.29 is 4.74 Å². The van der Waals surface area contributed by atoms with Crippen molar-refractivity contribution in [2.45, 2.75) is 26.2 Å². The summed E-state index contributed by atoms with van der Waals surface area (Å²) >= 11 is 1.85. The van der Waals surface area contributed by atoms with Gasteiger partial charge in [-0.05, 0) is 42.9 Å². The first-order chi connectivity index (χ1) is 14.3. The summed E-state index contributed by atoms with van der Waals surface area (Å²) in [6.45, 7) is 7.90. The molecule has 1 saturated heterocycles. The van der Waals surface area contributed by atoms with E-state index in [1.807, 2.05) is 29.7 Å². The Hall–Kier alpha value is -2.09. The van der Waals surface area contributed by atoms with E-state index < -0.39 is 0 Å². The van der Waals surface area contributed by atoms with Gasteiger partial charge >= 0.3 is 0 Å². The van der Waals surface area contributed by atoms with Gasteiger partial charge in [-0.1, -0.05) is 6.92 Å². The van der Waals surface area contributed by atoms with Gasteiger partial charge in [0.2, 0.25) is 0 Å². The second kappa shape index (κ2) is 8.34. The van der Waals surface area contributed by atoms with Crippen LogP contribution in [-0.4, -0.2) is 59.2 Å². The minimum atomic E-state index is 0.749. The van der Waals surface area contributed by atoms with Crippen LogP contribution in [0.4, 0.5) is 5.82 Å². The Morgan fingerprint density at radius 1 is 1.28 bits per heavy atom. The molecule has 0 aromatic carbocycles. The molecule has 5 rings (SSSR count). The number of aromatic nitrogens is 3. The van der Waals surface area contributed by atoms with E-state index in [0.29, 0.717) is 0 Å². The molecule has 1 aliphatic carbocycles. The van der Waals surface area contributed by atoms with Gasteiger partial charge in [0.05, 0.1) is 18.6 Å². The first-order valence-electron chi connectivity index (χ1n) is 10.5. The van der Waals surface area contributed by atoms with Crippen LogP contribution >= 0.6 is 11.3 Å². The fourth-order valence-electron chi connectivity index (χ4n) is 4.25. The molecule has 0 radical (unpaired) electrons. The van der Waals surface area contributed by atoms with Crippen molar-refractivity contribution in [2.24, 2.45) is 5.92 Å². The molecule has 2 aliphatic rings. The third-order valence-electron chi connectivity index (χ3n) is 5.90. The zero-order valence-electron chi connectivity index (χ0n) is 16.9. The van der Waals surface area contributed by atoms with Crippen molar-refractivity contribution in [3.8, 4) is 11.4 Å². The molecule has 152 valence electrons. The molecule has 1 fully saturated rings. The summed E-state index contributed by atoms with van der Waals surface area (Å²) in [4.78, 5) is 19.2. The molecule has 0 amide bonds. The Labute approximate surface area is 175 Å². The number of pyridine rings is 1. The lowest BCUT2D eigenvalue weighted by Gasteiger charge is -2.26. The van der Waals surface area contributed by atoms with Crippen LogP contribution in [0.2, 0.25) is 0 Å². The number of aryl methyl sites for hydroxylation is 1. The van der Waals surface area contributed by atoms with E-state index in [9.17, 15) is 0 Å². The lowest BCUT2D eigenvalue weighted by Crippen LogP contribution is -2.39. The summed E-state index contributed by atoms with van der Waals surface area (Å²) in [5.41, 5.74) is 2.43. The highest BCUT2D eigenvalue weighted by atomic mass is 32.1. The van der Waals surface area contributed by atoms with E-state index in [2.05, 4.69) is 22.1 Å². The molecule has 4 heterocycles. The van der Waals surface area contributed by atoms with Crippen molar-refractivity contribution in [3.05, 3.63) is 35.0 Å². The van der Waals surface area contributed by atoms with Crippen LogP contribution in [0.15, 0.2) is 24.5 Å². The smallest absolute Gasteiger partial charge is 0.164 e. The van der Waals surface area contributed by atoms with Gasteiger partial charge in [-0.3, -0.25) is 9.88 Å². The molecule has 29 heavy (non-hydrogen) atoms. The number of morpholine rings is 1. The largest absolute Gasteiger partial charge is 0.379 e. The van der Waals surface area contributed by atoms with Crippen LogP contribution in [0.5, 0.6) is 0 Å². The topological polar surface area (TPSA) is 63.2 Å². The Morgan fingerprint density at radius 3 is 3.00 bits per heavy atom. The molecule has 0 spiro atoms. The van der Waals surface area contributed by atoms with Crippen LogP contribution in [0.1, 0.15) is 23.8 Å². The lowest BCUT2D eigenvalue weighted by atomic mass is 9.89. The lowest BCUT2D eigenvalue weighted by molar-refractivity contribution is 0.0398. The van der Waals surface area contributed by atoms with Crippen LogP contribution in [0.25, 0.3) is 21.6 Å². The molecule has 3 aromatic rings. The highest BCUT2D eigenvalue weighted by molar-refractivity contribution is 7.19. The predicted molar refractivity (Wildman–Crippen MR) is 118 cm³/mol. The standard InChI is InChI=1S/C22H27N5OS/c1-15-4-5-17-18(13-15)29-22-19(17)21(24-7-8-27-9-11-28-12-10-27)25-20(26-22)16-3-2-6-23-14-16/h2-3,6,14-15H,4-5,7-13H2,1H3,(H,24,25,26)/t15-/m1/s1. The van der Waals surface area contributed by atoms with Crippen molar-refractivity contribution in [2.75, 3.05) is 44.7 Å². The quantitative estimate of drug-likeness (QED) is 0.694. The van der Waals surface area contributed by atoms with E-state index >= 15 is 0 Å². The fourth-order valence-corrected chi connectivity index (χ4v) is 5.63. The minimum absolute atomic E-state index is 0.749. The molecular formula is C22H27N5OS. The summed E-state index contributed by atoms with van der Waals surface area (Å²) in [7, 11) is 0. The van der Waals surface area contributed by atoms with Crippen LogP contribution in [-0.2, 0) is 17.6 Å². The minimum Gasteiger partial charge on any atom is -0.379 e. The highest BCUT2D eigenvalue weighted by Gasteiger charge is 2.24. The third kappa shape index (κ3) is 3.99. The fraction of sp³-hybridized carbons (Fsp3) is 0.500. The van der Waals surface area contributed by atoms with Gasteiger partial charge in [0.25, 0.3) is 0 Å². The molecule has 0 bridgehead atoms. The predicted octanol–water partition coefficient (Wildman–Crippen LogP) is 3.62. The molecule has 1 aliphatic heterocycles. The summed E-state index contributed by atoms with van der Waals surface area (Å²) in [5.74, 6) is 2.49. The molecule has 0 unspecified atom stereocenters. The van der Waals surface area contributed by atoms with Crippen molar-refractivity contribution in [1.82, 2.24) is 19.9 Å². The number of hydrogen-bond donors (Lipinski definition) is 1. The molecule has 0 saturated carbocycles. The van der Waals surface area contributed by atoms with Gasteiger partial charge in [0.1, 0.15) is 10.6 Å². The number of nitrogens with zero attached hydrogens (tertiary/aromatic N) is 4. The maximum atomic E-state index is 5.46. The van der Waals surface area contributed by atoms with E-state index in [-0.39, 0.29) is 0 Å². The van der Waals surface area contributed by atoms with E-state index in [4.69, 9.17) is 14.7 Å². The average Bonchev–Trinajstić information content (AvgIpc) is 3.12. The number of hydrogen-bond acceptors (Lipinski definition) is 7. The Kier molecular flexibility index (Phi) is 5.44. The van der Waals surface area contributed by atoms with Crippen LogP contribution in [0.3, 0.4) is 0 Å². The normalized spacial score (nSPS) is 20.0. The summed E-state index contributed by atoms with van der Waals surface area (Å²) in [6.07, 6.45) is 7.16. The third-order valence-corrected chi connectivity index (χ3v) is 7.05. The van der Waals surface area contributed by atoms with Crippen molar-refractivity contribution in [1.29, 1.82) is 0 Å². The van der Waals surface area contributed by atoms with Crippen molar-refractivity contribution >= 4 is 27.4 Å². The Morgan fingerprint density at radius 2 is 2.17 bits per heavy atom. The van der Waals surface area contributed by atoms with Crippen LogP contribution in [0, 0.1) is 5.92 Å². The maximum absolute atomic E-state index is 5.46. The highest BCUT2D eigenvalue weighted by Crippen LogP contribution is 2.40. The van der Waals surface area contributed by atoms with E-state index in [0.717, 1.165) is 80.2 Å². The zero-order chi connectivity index (χ0) is 19.6. The van der Waals surface area contributed by atoms with E-state index in [1.54, 1.807) is 6.20 Å². The number of thiophene rings is 1. The SMILES string of the molecule is C[C@@H]1CCc2c(sc3nc(-c4cccnc4)nc(NCCN4CCOCC4)c23)C1. The van der Waals surface area contributed by atoms with Gasteiger partial charge in [0.15, 0.2) is 5.82 Å². The Bertz CT molecular complexity index is 984. The molecule has 3 aromatic heterocycles. The first-order valence-corrected chi connectivity index (χ1v) is 11.4. The first kappa shape index (κ1) is 18.9. The maximum Gasteiger partial charge on any atom is 0.164 e. The second-order valence-corrected chi connectivity index (χ2v) is 9.13. The zero-order valence-corrected chi connectivity index (χ0v) is 17.7. The number of nitrogens with one attached hydrogen (secondary N) is 1. The van der Waals surface area contributed by atoms with Gasteiger partial charge < -0.3 is 10.1 Å². The summed E-state index contributed by atoms with van der Waals surface area (Å²) < 4.78 is 5.46. The number of ether oxygens (including phenoxy) is 1. The van der Waals surface area contributed by atoms with Gasteiger partial charge in [0, 0.05) is 49.0 Å². The molecule has 7 heteroatoms.